The molecule has 1 N–H and O–H groups in total. The van der Waals surface area contributed by atoms with E-state index in [9.17, 15) is 5.11 Å². The molecule has 0 atom stereocenters. The molecule has 1 heterocycles. The van der Waals surface area contributed by atoms with Crippen molar-refractivity contribution < 1.29 is 9.52 Å². The van der Waals surface area contributed by atoms with Gasteiger partial charge in [-0.15, -0.1) is 0 Å². The molecule has 2 nitrogen and oxygen atoms in total. The van der Waals surface area contributed by atoms with Crippen LogP contribution in [-0.4, -0.2) is 5.11 Å². The minimum atomic E-state index is -0.0136. The topological polar surface area (TPSA) is 33.4 Å². The summed E-state index contributed by atoms with van der Waals surface area (Å²) in [6.07, 6.45) is 0. The third kappa shape index (κ3) is 1.71. The number of fused-ring (bicyclic) bond motifs is 1. The van der Waals surface area contributed by atoms with Crippen molar-refractivity contribution in [3.63, 3.8) is 0 Å². The van der Waals surface area contributed by atoms with Crippen LogP contribution in [0.3, 0.4) is 0 Å². The summed E-state index contributed by atoms with van der Waals surface area (Å²) in [6.45, 7) is 2.03. The van der Waals surface area contributed by atoms with E-state index in [1.807, 2.05) is 49.4 Å². The molecule has 18 heavy (non-hydrogen) atoms. The van der Waals surface area contributed by atoms with Crippen molar-refractivity contribution in [1.82, 2.24) is 0 Å². The van der Waals surface area contributed by atoms with Crippen molar-refractivity contribution in [3.05, 3.63) is 59.7 Å². The van der Waals surface area contributed by atoms with Gasteiger partial charge in [0.25, 0.3) is 0 Å². The number of hydrogen-bond acceptors (Lipinski definition) is 2. The maximum absolute atomic E-state index is 9.58. The molecule has 0 fully saturated rings. The molecule has 2 heteroatoms. The molecule has 0 aliphatic rings. The summed E-state index contributed by atoms with van der Waals surface area (Å²) < 4.78 is 5.87. The second-order valence-corrected chi connectivity index (χ2v) is 4.43. The molecule has 3 rings (SSSR count). The highest BCUT2D eigenvalue weighted by atomic mass is 16.3. The predicted octanol–water partition coefficient (Wildman–Crippen LogP) is 3.90. The smallest absolute Gasteiger partial charge is 0.140 e. The summed E-state index contributed by atoms with van der Waals surface area (Å²) in [6, 6.07) is 15.9. The number of furan rings is 1. The Kier molecular flexibility index (Phi) is 2.65. The third-order valence-electron chi connectivity index (χ3n) is 3.14. The zero-order valence-corrected chi connectivity index (χ0v) is 10.2. The van der Waals surface area contributed by atoms with Crippen LogP contribution in [0.4, 0.5) is 0 Å². The molecule has 2 aromatic carbocycles. The molecule has 0 radical (unpaired) electrons. The molecule has 3 aromatic rings. The zero-order valence-electron chi connectivity index (χ0n) is 10.2. The minimum absolute atomic E-state index is 0.0136. The van der Waals surface area contributed by atoms with Crippen molar-refractivity contribution in [3.8, 4) is 11.3 Å². The summed E-state index contributed by atoms with van der Waals surface area (Å²) in [5.41, 5.74) is 3.86. The van der Waals surface area contributed by atoms with Crippen LogP contribution in [0, 0.1) is 6.92 Å². The monoisotopic (exact) mass is 238 g/mol. The molecule has 0 spiro atoms. The van der Waals surface area contributed by atoms with Crippen molar-refractivity contribution in [2.24, 2.45) is 0 Å². The molecule has 0 unspecified atom stereocenters. The van der Waals surface area contributed by atoms with Crippen molar-refractivity contribution in [2.45, 2.75) is 13.5 Å². The summed E-state index contributed by atoms with van der Waals surface area (Å²) in [5, 5.41) is 10.6. The highest BCUT2D eigenvalue weighted by Gasteiger charge is 2.14. The second kappa shape index (κ2) is 4.31. The van der Waals surface area contributed by atoms with Gasteiger partial charge < -0.3 is 9.52 Å². The van der Waals surface area contributed by atoms with E-state index in [-0.39, 0.29) is 6.61 Å². The number of benzene rings is 2. The van der Waals surface area contributed by atoms with Crippen molar-refractivity contribution in [1.29, 1.82) is 0 Å². The van der Waals surface area contributed by atoms with Gasteiger partial charge in [0.05, 0.1) is 6.61 Å². The molecule has 0 aliphatic carbocycles. The summed E-state index contributed by atoms with van der Waals surface area (Å²) in [7, 11) is 0. The van der Waals surface area contributed by atoms with Gasteiger partial charge in [-0.1, -0.05) is 42.0 Å². The van der Waals surface area contributed by atoms with Gasteiger partial charge in [0.1, 0.15) is 11.3 Å². The third-order valence-corrected chi connectivity index (χ3v) is 3.14. The van der Waals surface area contributed by atoms with Crippen LogP contribution in [0.1, 0.15) is 11.1 Å². The molecule has 1 aromatic heterocycles. The lowest BCUT2D eigenvalue weighted by Gasteiger charge is -2.01. The van der Waals surface area contributed by atoms with Crippen LogP contribution >= 0.6 is 0 Å². The van der Waals surface area contributed by atoms with E-state index >= 15 is 0 Å². The number of rotatable bonds is 2. The maximum atomic E-state index is 9.58. The van der Waals surface area contributed by atoms with E-state index in [0.29, 0.717) is 0 Å². The molecule has 0 saturated carbocycles. The average Bonchev–Trinajstić information content (AvgIpc) is 2.77. The molecule has 0 bridgehead atoms. The fourth-order valence-electron chi connectivity index (χ4n) is 2.28. The van der Waals surface area contributed by atoms with Crippen LogP contribution < -0.4 is 0 Å². The Morgan fingerprint density at radius 3 is 2.67 bits per heavy atom. The van der Waals surface area contributed by atoms with Gasteiger partial charge in [-0.2, -0.15) is 0 Å². The van der Waals surface area contributed by atoms with Crippen LogP contribution in [0.25, 0.3) is 22.3 Å². The molecule has 90 valence electrons. The Hall–Kier alpha value is -2.06. The van der Waals surface area contributed by atoms with E-state index in [4.69, 9.17) is 4.42 Å². The first-order valence-corrected chi connectivity index (χ1v) is 5.98. The predicted molar refractivity (Wildman–Crippen MR) is 72.3 cm³/mol. The van der Waals surface area contributed by atoms with E-state index in [0.717, 1.165) is 27.9 Å². The first-order valence-electron chi connectivity index (χ1n) is 5.98. The van der Waals surface area contributed by atoms with Crippen molar-refractivity contribution in [2.75, 3.05) is 0 Å². The van der Waals surface area contributed by atoms with Gasteiger partial charge >= 0.3 is 0 Å². The average molecular weight is 238 g/mol. The fraction of sp³-hybridized carbons (Fsp3) is 0.125. The van der Waals surface area contributed by atoms with Gasteiger partial charge in [0.2, 0.25) is 0 Å². The first-order chi connectivity index (χ1) is 8.79. The largest absolute Gasteiger partial charge is 0.456 e. The molecular weight excluding hydrogens is 224 g/mol. The van der Waals surface area contributed by atoms with Crippen LogP contribution in [0.15, 0.2) is 52.9 Å². The first kappa shape index (κ1) is 11.1. The minimum Gasteiger partial charge on any atom is -0.456 e. The van der Waals surface area contributed by atoms with E-state index in [2.05, 4.69) is 6.07 Å². The number of aliphatic hydroxyl groups excluding tert-OH is 1. The lowest BCUT2D eigenvalue weighted by Crippen LogP contribution is -1.85. The molecule has 0 aliphatic heterocycles. The quantitative estimate of drug-likeness (QED) is 0.734. The number of para-hydroxylation sites is 1. The van der Waals surface area contributed by atoms with Crippen LogP contribution in [0.5, 0.6) is 0 Å². The Morgan fingerprint density at radius 1 is 1.06 bits per heavy atom. The molecular formula is C16H14O2. The zero-order chi connectivity index (χ0) is 12.5. The Morgan fingerprint density at radius 2 is 1.89 bits per heavy atom. The van der Waals surface area contributed by atoms with Gasteiger partial charge in [0, 0.05) is 16.5 Å². The number of aliphatic hydroxyl groups is 1. The van der Waals surface area contributed by atoms with E-state index < -0.39 is 0 Å². The van der Waals surface area contributed by atoms with Gasteiger partial charge in [-0.05, 0) is 19.1 Å². The number of aryl methyl sites for hydroxylation is 1. The van der Waals surface area contributed by atoms with Gasteiger partial charge in [0.15, 0.2) is 0 Å². The normalized spacial score (nSPS) is 11.0. The molecule has 0 amide bonds. The van der Waals surface area contributed by atoms with E-state index in [1.165, 1.54) is 5.56 Å². The van der Waals surface area contributed by atoms with Crippen molar-refractivity contribution >= 4 is 11.0 Å². The summed E-state index contributed by atoms with van der Waals surface area (Å²) in [5.74, 6) is 0.766. The fourth-order valence-corrected chi connectivity index (χ4v) is 2.28. The Labute approximate surface area is 105 Å². The maximum Gasteiger partial charge on any atom is 0.140 e. The SMILES string of the molecule is Cc1cccc(-c2oc3ccccc3c2CO)c1. The van der Waals surface area contributed by atoms with Gasteiger partial charge in [-0.25, -0.2) is 0 Å². The Bertz CT molecular complexity index is 695. The van der Waals surface area contributed by atoms with Crippen LogP contribution in [0.2, 0.25) is 0 Å². The highest BCUT2D eigenvalue weighted by molar-refractivity contribution is 5.87. The lowest BCUT2D eigenvalue weighted by atomic mass is 10.0. The standard InChI is InChI=1S/C16H14O2/c1-11-5-4-6-12(9-11)16-14(10-17)13-7-2-3-8-15(13)18-16/h2-9,17H,10H2,1H3. The molecule has 0 saturated heterocycles. The van der Waals surface area contributed by atoms with E-state index in [1.54, 1.807) is 0 Å². The Balaban J connectivity index is 2.28. The second-order valence-electron chi connectivity index (χ2n) is 4.43. The number of hydrogen-bond donors (Lipinski definition) is 1. The van der Waals surface area contributed by atoms with Crippen LogP contribution in [-0.2, 0) is 6.61 Å². The summed E-state index contributed by atoms with van der Waals surface area (Å²) >= 11 is 0. The lowest BCUT2D eigenvalue weighted by molar-refractivity contribution is 0.282. The summed E-state index contributed by atoms with van der Waals surface area (Å²) in [4.78, 5) is 0. The highest BCUT2D eigenvalue weighted by Crippen LogP contribution is 2.33. The van der Waals surface area contributed by atoms with Gasteiger partial charge in [-0.3, -0.25) is 0 Å².